The van der Waals surface area contributed by atoms with Crippen molar-refractivity contribution < 1.29 is 10.2 Å². The van der Waals surface area contributed by atoms with Crippen LogP contribution in [0.15, 0.2) is 12.2 Å². The van der Waals surface area contributed by atoms with E-state index in [2.05, 4.69) is 26.0 Å². The van der Waals surface area contributed by atoms with Crippen LogP contribution in [0.25, 0.3) is 0 Å². The summed E-state index contributed by atoms with van der Waals surface area (Å²) in [4.78, 5) is 0. The minimum absolute atomic E-state index is 0.0859. The van der Waals surface area contributed by atoms with Crippen LogP contribution in [0.1, 0.15) is 65.2 Å². The molecule has 3 saturated carbocycles. The van der Waals surface area contributed by atoms with E-state index in [9.17, 15) is 10.2 Å². The monoisotopic (exact) mass is 290 g/mol. The first-order valence-electron chi connectivity index (χ1n) is 8.99. The van der Waals surface area contributed by atoms with E-state index in [0.717, 1.165) is 12.8 Å². The van der Waals surface area contributed by atoms with Crippen molar-refractivity contribution in [3.63, 3.8) is 0 Å². The molecule has 2 N–H and O–H groups in total. The highest BCUT2D eigenvalue weighted by Gasteiger charge is 2.63. The third-order valence-electron chi connectivity index (χ3n) is 7.97. The lowest BCUT2D eigenvalue weighted by atomic mass is 9.45. The van der Waals surface area contributed by atoms with Gasteiger partial charge in [0.25, 0.3) is 0 Å². The molecule has 21 heavy (non-hydrogen) atoms. The first-order valence-corrected chi connectivity index (χ1v) is 8.99. The Kier molecular flexibility index (Phi) is 2.96. The summed E-state index contributed by atoms with van der Waals surface area (Å²) in [5.74, 6) is 0.0714. The molecule has 0 amide bonds. The molecular weight excluding hydrogens is 260 g/mol. The second kappa shape index (κ2) is 4.35. The van der Waals surface area contributed by atoms with Crippen LogP contribution in [-0.2, 0) is 0 Å². The van der Waals surface area contributed by atoms with Crippen LogP contribution >= 0.6 is 0 Å². The molecule has 0 saturated heterocycles. The van der Waals surface area contributed by atoms with Crippen LogP contribution in [0.4, 0.5) is 0 Å². The molecule has 1 unspecified atom stereocenters. The molecule has 0 aliphatic heterocycles. The van der Waals surface area contributed by atoms with Crippen molar-refractivity contribution in [3.05, 3.63) is 12.2 Å². The summed E-state index contributed by atoms with van der Waals surface area (Å²) in [5, 5.41) is 21.8. The number of allylic oxidation sites excluding steroid dienone is 2. The van der Waals surface area contributed by atoms with Gasteiger partial charge in [0.2, 0.25) is 0 Å². The largest absolute Gasteiger partial charge is 0.365 e. The number of hydrogen-bond donors (Lipinski definition) is 2. The third kappa shape index (κ3) is 1.84. The van der Waals surface area contributed by atoms with Crippen LogP contribution in [0, 0.1) is 34.5 Å². The minimum atomic E-state index is -1.43. The van der Waals surface area contributed by atoms with Gasteiger partial charge in [-0.25, -0.2) is 0 Å². The second-order valence-corrected chi connectivity index (χ2v) is 8.95. The Balaban J connectivity index is 1.77. The Morgan fingerprint density at radius 1 is 1.00 bits per heavy atom. The predicted octanol–water partition coefficient (Wildman–Crippen LogP) is 3.88. The quantitative estimate of drug-likeness (QED) is 0.525. The Morgan fingerprint density at radius 3 is 2.62 bits per heavy atom. The number of hydrogen-bond acceptors (Lipinski definition) is 2. The number of rotatable bonds is 0. The average Bonchev–Trinajstić information content (AvgIpc) is 2.80. The summed E-state index contributed by atoms with van der Waals surface area (Å²) in [6.45, 7) is 4.81. The summed E-state index contributed by atoms with van der Waals surface area (Å²) >= 11 is 0. The van der Waals surface area contributed by atoms with Gasteiger partial charge in [0.15, 0.2) is 5.79 Å². The van der Waals surface area contributed by atoms with Gasteiger partial charge in [0.1, 0.15) is 0 Å². The molecule has 2 heteroatoms. The molecule has 118 valence electrons. The second-order valence-electron chi connectivity index (χ2n) is 8.95. The Morgan fingerprint density at radius 2 is 1.81 bits per heavy atom. The van der Waals surface area contributed by atoms with Crippen LogP contribution in [-0.4, -0.2) is 16.0 Å². The van der Waals surface area contributed by atoms with E-state index in [4.69, 9.17) is 0 Å². The van der Waals surface area contributed by atoms with Gasteiger partial charge in [-0.2, -0.15) is 0 Å². The Bertz CT molecular complexity index is 468. The average molecular weight is 290 g/mol. The zero-order valence-electron chi connectivity index (χ0n) is 13.5. The van der Waals surface area contributed by atoms with E-state index in [1.54, 1.807) is 0 Å². The zero-order valence-corrected chi connectivity index (χ0v) is 13.5. The molecule has 0 aromatic rings. The predicted molar refractivity (Wildman–Crippen MR) is 83.4 cm³/mol. The summed E-state index contributed by atoms with van der Waals surface area (Å²) in [7, 11) is 0. The minimum Gasteiger partial charge on any atom is -0.365 e. The smallest absolute Gasteiger partial charge is 0.166 e. The fourth-order valence-corrected chi connectivity index (χ4v) is 6.80. The van der Waals surface area contributed by atoms with Gasteiger partial charge in [-0.05, 0) is 67.1 Å². The molecule has 4 rings (SSSR count). The normalized spacial score (nSPS) is 54.7. The maximum Gasteiger partial charge on any atom is 0.166 e. The molecular formula is C19H30O2. The van der Waals surface area contributed by atoms with E-state index < -0.39 is 5.79 Å². The molecule has 0 aromatic heterocycles. The molecule has 0 heterocycles. The first-order chi connectivity index (χ1) is 9.87. The maximum atomic E-state index is 10.9. The fraction of sp³-hybridized carbons (Fsp3) is 0.895. The van der Waals surface area contributed by atoms with Crippen molar-refractivity contribution in [2.75, 3.05) is 0 Å². The molecule has 4 aliphatic carbocycles. The number of aliphatic hydroxyl groups is 2. The topological polar surface area (TPSA) is 40.5 Å². The van der Waals surface area contributed by atoms with Gasteiger partial charge < -0.3 is 10.2 Å². The van der Waals surface area contributed by atoms with E-state index in [1.165, 1.54) is 32.1 Å². The van der Waals surface area contributed by atoms with Crippen molar-refractivity contribution in [3.8, 4) is 0 Å². The molecule has 3 fully saturated rings. The zero-order chi connectivity index (χ0) is 14.9. The molecule has 2 nitrogen and oxygen atoms in total. The Labute approximate surface area is 128 Å². The molecule has 0 spiro atoms. The standard InChI is InChI=1S/C19H30O2/c1-17-9-5-7-14(17)16-15(8-11-17)18(2)10-4-3-6-13(18)12-19(16,20)21/h4,10,13-16,20-21H,3,5-9,11-12H2,1-2H3/t13?,14-,15+,16-,17-,18-/m0/s1. The van der Waals surface area contributed by atoms with Crippen molar-refractivity contribution in [2.24, 2.45) is 34.5 Å². The summed E-state index contributed by atoms with van der Waals surface area (Å²) in [6, 6.07) is 0. The molecule has 0 bridgehead atoms. The molecule has 0 aromatic carbocycles. The summed E-state index contributed by atoms with van der Waals surface area (Å²) in [6.07, 6.45) is 13.8. The van der Waals surface area contributed by atoms with Gasteiger partial charge in [0.05, 0.1) is 0 Å². The van der Waals surface area contributed by atoms with Gasteiger partial charge in [-0.15, -0.1) is 0 Å². The van der Waals surface area contributed by atoms with Crippen molar-refractivity contribution in [1.82, 2.24) is 0 Å². The molecule has 0 radical (unpaired) electrons. The van der Waals surface area contributed by atoms with Crippen LogP contribution in [0.2, 0.25) is 0 Å². The van der Waals surface area contributed by atoms with E-state index >= 15 is 0 Å². The maximum absolute atomic E-state index is 10.9. The first kappa shape index (κ1) is 14.3. The highest BCUT2D eigenvalue weighted by Crippen LogP contribution is 2.66. The Hall–Kier alpha value is -0.340. The molecule has 4 aliphatic rings. The van der Waals surface area contributed by atoms with E-state index in [1.807, 2.05) is 0 Å². The fourth-order valence-electron chi connectivity index (χ4n) is 6.80. The van der Waals surface area contributed by atoms with Gasteiger partial charge >= 0.3 is 0 Å². The lowest BCUT2D eigenvalue weighted by molar-refractivity contribution is -0.291. The lowest BCUT2D eigenvalue weighted by Gasteiger charge is -2.62. The van der Waals surface area contributed by atoms with Crippen molar-refractivity contribution in [1.29, 1.82) is 0 Å². The van der Waals surface area contributed by atoms with Crippen LogP contribution in [0.3, 0.4) is 0 Å². The van der Waals surface area contributed by atoms with E-state index in [-0.39, 0.29) is 11.3 Å². The van der Waals surface area contributed by atoms with Crippen LogP contribution in [0.5, 0.6) is 0 Å². The molecule has 6 atom stereocenters. The van der Waals surface area contributed by atoms with Gasteiger partial charge in [0, 0.05) is 12.3 Å². The van der Waals surface area contributed by atoms with Crippen molar-refractivity contribution >= 4 is 0 Å². The van der Waals surface area contributed by atoms with Crippen LogP contribution < -0.4 is 0 Å². The van der Waals surface area contributed by atoms with Gasteiger partial charge in [-0.1, -0.05) is 32.4 Å². The highest BCUT2D eigenvalue weighted by atomic mass is 16.5. The SMILES string of the molecule is C[C@@]12CCC[C@H]1[C@H]1[C@@H](CC2)[C@@]2(C)C=CCCC2CC1(O)O. The van der Waals surface area contributed by atoms with Gasteiger partial charge in [-0.3, -0.25) is 0 Å². The third-order valence-corrected chi connectivity index (χ3v) is 7.97. The summed E-state index contributed by atoms with van der Waals surface area (Å²) < 4.78 is 0. The van der Waals surface area contributed by atoms with Crippen molar-refractivity contribution in [2.45, 2.75) is 71.0 Å². The number of fused-ring (bicyclic) bond motifs is 5. The van der Waals surface area contributed by atoms with E-state index in [0.29, 0.717) is 29.6 Å². The lowest BCUT2D eigenvalue weighted by Crippen LogP contribution is -2.61. The highest BCUT2D eigenvalue weighted by molar-refractivity contribution is 5.17. The summed E-state index contributed by atoms with van der Waals surface area (Å²) in [5.41, 5.74) is 0.557.